The minimum absolute atomic E-state index is 0.0709. The average Bonchev–Trinajstić information content (AvgIpc) is 2.89. The highest BCUT2D eigenvalue weighted by molar-refractivity contribution is 6.71. The van der Waals surface area contributed by atoms with Gasteiger partial charge in [0.1, 0.15) is 62.0 Å². The Labute approximate surface area is 326 Å². The third-order valence-electron chi connectivity index (χ3n) is 7.29. The summed E-state index contributed by atoms with van der Waals surface area (Å²) in [6, 6.07) is 0. The Morgan fingerprint density at radius 3 is 0.849 bits per heavy atom. The summed E-state index contributed by atoms with van der Waals surface area (Å²) in [5.74, 6) is -0.874. The first kappa shape index (κ1) is 49.0. The van der Waals surface area contributed by atoms with Crippen LogP contribution in [0.1, 0.15) is 13.8 Å². The molecule has 13 nitrogen and oxygen atoms in total. The van der Waals surface area contributed by atoms with E-state index < -0.39 is 123 Å². The molecular weight excluding hydrogens is 785 g/mol. The zero-order valence-electron chi connectivity index (χ0n) is 36.5. The molecule has 0 aromatic carbocycles. The summed E-state index contributed by atoms with van der Waals surface area (Å²) >= 11 is 0. The van der Waals surface area contributed by atoms with E-state index >= 15 is 0 Å². The third kappa shape index (κ3) is 18.3. The van der Waals surface area contributed by atoms with Gasteiger partial charge in [-0.25, -0.2) is 0 Å². The Hall–Kier alpha value is -0.119. The van der Waals surface area contributed by atoms with Gasteiger partial charge in [-0.1, -0.05) is 0 Å². The van der Waals surface area contributed by atoms with E-state index in [4.69, 9.17) is 50.2 Å². The fraction of sp³-hybridized carbons (Fsp3) is 0.941. The SMILES string of the molecule is CC(=O)OCC1O[C@H](O[C@H]2OC(COC(C)=O)[C@@H](O[Si](C)(C)C)[C@@H](O[Si](C)(C)C)C2O[Si](C)(C)C)C(O[Si](C)(C)C)[C@@H](O[Si](C)(C)C)[C@@H]1O[Si](C)(C)C. The molecule has 0 aliphatic carbocycles. The maximum atomic E-state index is 12.2. The third-order valence-corrected chi connectivity index (χ3v) is 13.2. The molecule has 312 valence electrons. The van der Waals surface area contributed by atoms with Gasteiger partial charge in [0.25, 0.3) is 0 Å². The Morgan fingerprint density at radius 1 is 0.396 bits per heavy atom. The number of carbonyl (C=O) groups excluding carboxylic acids is 2. The molecule has 0 bridgehead atoms. The molecule has 0 amide bonds. The Bertz CT molecular complexity index is 1100. The van der Waals surface area contributed by atoms with Crippen LogP contribution in [0.3, 0.4) is 0 Å². The van der Waals surface area contributed by atoms with Gasteiger partial charge in [-0.2, -0.15) is 0 Å². The minimum Gasteiger partial charge on any atom is -0.463 e. The quantitative estimate of drug-likeness (QED) is 0.105. The molecule has 10 atom stereocenters. The van der Waals surface area contributed by atoms with Gasteiger partial charge in [-0.3, -0.25) is 9.59 Å². The summed E-state index contributed by atoms with van der Waals surface area (Å²) in [5.41, 5.74) is 0. The first-order valence-corrected chi connectivity index (χ1v) is 39.4. The molecule has 0 radical (unpaired) electrons. The van der Waals surface area contributed by atoms with E-state index in [2.05, 4.69) is 118 Å². The lowest BCUT2D eigenvalue weighted by Crippen LogP contribution is -2.69. The number of hydrogen-bond donors (Lipinski definition) is 0. The van der Waals surface area contributed by atoms with Crippen LogP contribution >= 0.6 is 0 Å². The molecule has 0 N–H and O–H groups in total. The van der Waals surface area contributed by atoms with Crippen LogP contribution in [0, 0.1) is 0 Å². The predicted molar refractivity (Wildman–Crippen MR) is 221 cm³/mol. The fourth-order valence-corrected chi connectivity index (χ4v) is 12.5. The van der Waals surface area contributed by atoms with E-state index in [1.165, 1.54) is 13.8 Å². The topological polar surface area (TPSA) is 136 Å². The minimum atomic E-state index is -2.30. The Balaban J connectivity index is 2.85. The van der Waals surface area contributed by atoms with Gasteiger partial charge in [0.05, 0.1) is 0 Å². The molecule has 2 rings (SSSR count). The van der Waals surface area contributed by atoms with E-state index in [1.54, 1.807) is 0 Å². The first-order valence-electron chi connectivity index (χ1n) is 18.9. The van der Waals surface area contributed by atoms with Crippen LogP contribution in [0.15, 0.2) is 0 Å². The van der Waals surface area contributed by atoms with Crippen LogP contribution in [0.5, 0.6) is 0 Å². The summed E-state index contributed by atoms with van der Waals surface area (Å²) in [7, 11) is -13.5. The van der Waals surface area contributed by atoms with Gasteiger partial charge < -0.3 is 50.2 Å². The van der Waals surface area contributed by atoms with Gasteiger partial charge in [-0.05, 0) is 118 Å². The fourth-order valence-electron chi connectivity index (χ4n) is 6.03. The van der Waals surface area contributed by atoms with Crippen molar-refractivity contribution in [2.45, 2.75) is 193 Å². The van der Waals surface area contributed by atoms with Crippen LogP contribution in [0.4, 0.5) is 0 Å². The predicted octanol–water partition coefficient (Wildman–Crippen LogP) is 6.90. The molecule has 2 saturated heterocycles. The molecule has 0 aromatic rings. The molecule has 2 fully saturated rings. The molecule has 0 saturated carbocycles. The summed E-state index contributed by atoms with van der Waals surface area (Å²) < 4.78 is 73.4. The van der Waals surface area contributed by atoms with Gasteiger partial charge in [0.2, 0.25) is 0 Å². The largest absolute Gasteiger partial charge is 0.463 e. The van der Waals surface area contributed by atoms with Crippen molar-refractivity contribution in [3.63, 3.8) is 0 Å². The van der Waals surface area contributed by atoms with Gasteiger partial charge in [-0.15, -0.1) is 0 Å². The maximum absolute atomic E-state index is 12.2. The lowest BCUT2D eigenvalue weighted by molar-refractivity contribution is -0.368. The molecule has 2 aliphatic heterocycles. The zero-order valence-corrected chi connectivity index (χ0v) is 42.5. The normalized spacial score (nSPS) is 30.9. The second-order valence-electron chi connectivity index (χ2n) is 20.0. The van der Waals surface area contributed by atoms with Gasteiger partial charge in [0.15, 0.2) is 62.5 Å². The number of rotatable bonds is 18. The van der Waals surface area contributed by atoms with Crippen molar-refractivity contribution in [2.24, 2.45) is 0 Å². The van der Waals surface area contributed by atoms with Crippen LogP contribution in [-0.4, -0.2) is 136 Å². The average molecular weight is 859 g/mol. The lowest BCUT2D eigenvalue weighted by Gasteiger charge is -2.53. The number of carbonyl (C=O) groups is 2. The molecule has 4 unspecified atom stereocenters. The van der Waals surface area contributed by atoms with Crippen molar-refractivity contribution in [1.82, 2.24) is 0 Å². The first-order chi connectivity index (χ1) is 23.6. The lowest BCUT2D eigenvalue weighted by atomic mass is 9.98. The van der Waals surface area contributed by atoms with Crippen molar-refractivity contribution in [1.29, 1.82) is 0 Å². The van der Waals surface area contributed by atoms with Crippen LogP contribution in [0.2, 0.25) is 118 Å². The highest BCUT2D eigenvalue weighted by Gasteiger charge is 2.57. The second-order valence-corrected chi connectivity index (χ2v) is 46.8. The summed E-state index contributed by atoms with van der Waals surface area (Å²) in [4.78, 5) is 24.3. The van der Waals surface area contributed by atoms with Crippen molar-refractivity contribution >= 4 is 61.8 Å². The molecule has 2 aliphatic rings. The smallest absolute Gasteiger partial charge is 0.302 e. The van der Waals surface area contributed by atoms with E-state index in [0.717, 1.165) is 0 Å². The van der Waals surface area contributed by atoms with Crippen LogP contribution in [-0.2, 0) is 59.8 Å². The summed E-state index contributed by atoms with van der Waals surface area (Å²) in [5, 5.41) is 0. The second kappa shape index (κ2) is 18.6. The molecule has 2 heterocycles. The number of hydrogen-bond acceptors (Lipinski definition) is 13. The van der Waals surface area contributed by atoms with E-state index in [0.29, 0.717) is 0 Å². The maximum Gasteiger partial charge on any atom is 0.302 e. The van der Waals surface area contributed by atoms with Gasteiger partial charge >= 0.3 is 11.9 Å². The van der Waals surface area contributed by atoms with E-state index in [-0.39, 0.29) is 13.2 Å². The number of ether oxygens (including phenoxy) is 5. The standard InChI is InChI=1S/C34H74O13Si6/c1-23(35)37-21-25-27(42-48(3,4)5)29(44-50(9,10)11)31(46-52(15,16)17)33(39-25)41-34-32(47-53(18,19)20)30(45-51(12,13)14)28(43-49(6,7)8)26(40-34)22-38-24(2)36/h25-34H,21-22H2,1-20H3/t25?,26?,27-,28-,29-,30+,31?,32?,33-,34-/m1/s1. The van der Waals surface area contributed by atoms with E-state index in [1.807, 2.05) is 0 Å². The highest BCUT2D eigenvalue weighted by atomic mass is 28.4. The monoisotopic (exact) mass is 858 g/mol. The highest BCUT2D eigenvalue weighted by Crippen LogP contribution is 2.39. The van der Waals surface area contributed by atoms with E-state index in [9.17, 15) is 9.59 Å². The zero-order chi connectivity index (χ0) is 41.1. The number of esters is 2. The van der Waals surface area contributed by atoms with Crippen molar-refractivity contribution < 1.29 is 59.8 Å². The van der Waals surface area contributed by atoms with Gasteiger partial charge in [0, 0.05) is 13.8 Å². The van der Waals surface area contributed by atoms with Crippen molar-refractivity contribution in [3.8, 4) is 0 Å². The summed E-state index contributed by atoms with van der Waals surface area (Å²) in [6.07, 6.45) is -7.52. The molecule has 0 aromatic heterocycles. The Kier molecular flexibility index (Phi) is 17.2. The Morgan fingerprint density at radius 2 is 0.623 bits per heavy atom. The molecular formula is C34H74O13Si6. The van der Waals surface area contributed by atoms with Crippen LogP contribution < -0.4 is 0 Å². The molecule has 53 heavy (non-hydrogen) atoms. The van der Waals surface area contributed by atoms with Crippen LogP contribution in [0.25, 0.3) is 0 Å². The molecule has 19 heteroatoms. The van der Waals surface area contributed by atoms with Crippen molar-refractivity contribution in [3.05, 3.63) is 0 Å². The molecule has 0 spiro atoms. The summed E-state index contributed by atoms with van der Waals surface area (Å²) in [6.45, 7) is 40.6. The van der Waals surface area contributed by atoms with Crippen molar-refractivity contribution in [2.75, 3.05) is 13.2 Å².